The summed E-state index contributed by atoms with van der Waals surface area (Å²) in [5.41, 5.74) is 4.11. The zero-order valence-electron chi connectivity index (χ0n) is 63.7. The molecule has 4 aliphatic rings. The average Bonchev–Trinajstić information content (AvgIpc) is 1.71. The molecule has 0 spiro atoms. The van der Waals surface area contributed by atoms with E-state index >= 15 is 0 Å². The second kappa shape index (κ2) is 44.8. The molecule has 17 heteroatoms. The Kier molecular flexibility index (Phi) is 34.3. The van der Waals surface area contributed by atoms with Gasteiger partial charge in [-0.2, -0.15) is 0 Å². The summed E-state index contributed by atoms with van der Waals surface area (Å²) in [6, 6.07) is 27.8. The van der Waals surface area contributed by atoms with Crippen LogP contribution in [0.2, 0.25) is 0 Å². The SMILES string of the molecule is C=CC(=O)OCCCCCCOC(=O)C1CCC(C(=O)Cc2ccc(C(=O)OC3CCC(OCCCC)CC3)c3sc(C#CC#Cc4ccc(-c5ccc(C#CC#CC6(OC(=O)c7ccc(OC(=O)C8CCC(C(=O)OCCCCCCOC(=O)C=C)CC8)cc7)CCC(CCCCC)CC6)cc5)cc4)cc23)CC1. The molecule has 9 rings (SSSR count). The molecule has 0 bridgehead atoms. The van der Waals surface area contributed by atoms with Crippen molar-refractivity contribution < 1.29 is 76.3 Å². The van der Waals surface area contributed by atoms with Gasteiger partial charge in [0.05, 0.1) is 71.0 Å². The van der Waals surface area contributed by atoms with Crippen molar-refractivity contribution in [3.63, 3.8) is 0 Å². The molecule has 1 aromatic heterocycles. The van der Waals surface area contributed by atoms with Crippen molar-refractivity contribution in [2.24, 2.45) is 29.6 Å². The van der Waals surface area contributed by atoms with E-state index in [1.54, 1.807) is 30.3 Å². The van der Waals surface area contributed by atoms with E-state index in [1.165, 1.54) is 24.2 Å². The predicted octanol–water partition coefficient (Wildman–Crippen LogP) is 18.3. The van der Waals surface area contributed by atoms with Gasteiger partial charge in [0.1, 0.15) is 17.6 Å². The lowest BCUT2D eigenvalue weighted by molar-refractivity contribution is -0.152. The fourth-order valence-corrected chi connectivity index (χ4v) is 15.6. The zero-order valence-corrected chi connectivity index (χ0v) is 64.5. The van der Waals surface area contributed by atoms with Crippen LogP contribution in [-0.2, 0) is 68.3 Å². The molecule has 0 saturated heterocycles. The van der Waals surface area contributed by atoms with E-state index < -0.39 is 29.5 Å². The summed E-state index contributed by atoms with van der Waals surface area (Å²) in [6.07, 6.45) is 26.1. The summed E-state index contributed by atoms with van der Waals surface area (Å²) in [5, 5.41) is 0.788. The maximum absolute atomic E-state index is 14.1. The van der Waals surface area contributed by atoms with Crippen molar-refractivity contribution in [1.29, 1.82) is 0 Å². The molecule has 5 aromatic rings. The summed E-state index contributed by atoms with van der Waals surface area (Å²) >= 11 is 1.39. The van der Waals surface area contributed by atoms with Crippen LogP contribution in [0.15, 0.2) is 116 Å². The number of rotatable bonds is 36. The third kappa shape index (κ3) is 27.2. The van der Waals surface area contributed by atoms with Gasteiger partial charge in [-0.05, 0) is 285 Å². The first kappa shape index (κ1) is 83.5. The first-order chi connectivity index (χ1) is 53.1. The van der Waals surface area contributed by atoms with Crippen molar-refractivity contribution in [1.82, 2.24) is 0 Å². The Bertz CT molecular complexity index is 4140. The fourth-order valence-electron chi connectivity index (χ4n) is 14.6. The van der Waals surface area contributed by atoms with Crippen LogP contribution in [0.1, 0.15) is 249 Å². The Hall–Kier alpha value is -9.52. The second-order valence-electron chi connectivity index (χ2n) is 29.2. The molecule has 109 heavy (non-hydrogen) atoms. The van der Waals surface area contributed by atoms with Crippen LogP contribution in [0.25, 0.3) is 21.2 Å². The van der Waals surface area contributed by atoms with Gasteiger partial charge in [-0.15, -0.1) is 11.3 Å². The minimum absolute atomic E-state index is 0.101. The number of hydrogen-bond acceptors (Lipinski definition) is 17. The maximum atomic E-state index is 14.1. The number of carbonyl (C=O) groups is 8. The molecule has 1 heterocycles. The standard InChI is InChI=1S/C92H106O16S/c1-5-9-15-24-68-54-57-92(58-55-68,108-90(99)75-44-47-78(48-45-75)106-89(98)74-42-40-73(41-43-74)88(97)105-63-23-14-12-21-61-103-85(95)8-4)56-19-18-26-67-30-34-70(35-31-67)69-32-28-66(29-33-69)25-16-17-27-80-65-82-76(46-53-81(86(82)109-80)91(100)107-79-51-49-77(50-52-79)101-59-10-6-2)64-83(93)71-36-38-72(39-37-71)87(96)104-62-22-13-11-20-60-102-84(94)7-3/h7-8,28-35,44-48,53,65,68,71-74,77,79H,3-6,9-15,20-24,36-43,49-52,54-55,57-64H2,1-2H3. The van der Waals surface area contributed by atoms with Crippen LogP contribution >= 0.6 is 11.3 Å². The lowest BCUT2D eigenvalue weighted by Crippen LogP contribution is -2.38. The third-order valence-electron chi connectivity index (χ3n) is 21.2. The third-order valence-corrected chi connectivity index (χ3v) is 22.3. The van der Waals surface area contributed by atoms with E-state index in [-0.39, 0.29) is 66.0 Å². The van der Waals surface area contributed by atoms with Crippen molar-refractivity contribution in [2.45, 2.75) is 231 Å². The molecular weight excluding hydrogens is 1390 g/mol. The Morgan fingerprint density at radius 1 is 0.486 bits per heavy atom. The van der Waals surface area contributed by atoms with E-state index in [0.29, 0.717) is 118 Å². The van der Waals surface area contributed by atoms with E-state index in [2.05, 4.69) is 74.4 Å². The first-order valence-corrected chi connectivity index (χ1v) is 40.6. The predicted molar refractivity (Wildman–Crippen MR) is 422 cm³/mol. The van der Waals surface area contributed by atoms with E-state index in [9.17, 15) is 38.4 Å². The highest BCUT2D eigenvalue weighted by Gasteiger charge is 2.39. The van der Waals surface area contributed by atoms with Gasteiger partial charge in [-0.3, -0.25) is 19.2 Å². The normalized spacial score (nSPS) is 20.0. The van der Waals surface area contributed by atoms with Gasteiger partial charge in [0.25, 0.3) is 0 Å². The Morgan fingerprint density at radius 2 is 0.991 bits per heavy atom. The summed E-state index contributed by atoms with van der Waals surface area (Å²) in [6.45, 7) is 13.2. The molecular formula is C92H106O16S. The van der Waals surface area contributed by atoms with Crippen LogP contribution < -0.4 is 4.74 Å². The van der Waals surface area contributed by atoms with E-state index in [0.717, 1.165) is 172 Å². The molecule has 4 aliphatic carbocycles. The number of Topliss-reactive ketones (excluding diaryl/α,β-unsaturated/α-hetero) is 1. The second-order valence-corrected chi connectivity index (χ2v) is 30.3. The largest absolute Gasteiger partial charge is 0.465 e. The van der Waals surface area contributed by atoms with Crippen LogP contribution in [0.5, 0.6) is 5.75 Å². The van der Waals surface area contributed by atoms with Crippen molar-refractivity contribution in [3.8, 4) is 64.2 Å². The minimum atomic E-state index is -1.01. The van der Waals surface area contributed by atoms with Crippen molar-refractivity contribution in [3.05, 3.63) is 149 Å². The molecule has 0 aliphatic heterocycles. The van der Waals surface area contributed by atoms with Crippen LogP contribution in [-0.4, -0.2) is 98.4 Å². The summed E-state index contributed by atoms with van der Waals surface area (Å²) in [4.78, 5) is 104. The zero-order chi connectivity index (χ0) is 77.0. The highest BCUT2D eigenvalue weighted by molar-refractivity contribution is 7.20. The van der Waals surface area contributed by atoms with Gasteiger partial charge in [-0.1, -0.05) is 101 Å². The van der Waals surface area contributed by atoms with Gasteiger partial charge >= 0.3 is 41.8 Å². The number of unbranched alkanes of at least 4 members (excludes halogenated alkanes) is 9. The lowest BCUT2D eigenvalue weighted by Gasteiger charge is -2.36. The van der Waals surface area contributed by atoms with Crippen molar-refractivity contribution in [2.75, 3.05) is 33.0 Å². The molecule has 576 valence electrons. The summed E-state index contributed by atoms with van der Waals surface area (Å²) < 4.78 is 46.2. The highest BCUT2D eigenvalue weighted by atomic mass is 32.1. The summed E-state index contributed by atoms with van der Waals surface area (Å²) in [7, 11) is 0. The van der Waals surface area contributed by atoms with Gasteiger partial charge in [0, 0.05) is 42.2 Å². The van der Waals surface area contributed by atoms with E-state index in [1.807, 2.05) is 60.7 Å². The molecule has 0 N–H and O–H groups in total. The highest BCUT2D eigenvalue weighted by Crippen LogP contribution is 2.40. The number of benzene rings is 4. The number of hydrogen-bond donors (Lipinski definition) is 0. The molecule has 4 aromatic carbocycles. The average molecular weight is 1500 g/mol. The van der Waals surface area contributed by atoms with Gasteiger partial charge in [0.2, 0.25) is 0 Å². The van der Waals surface area contributed by atoms with E-state index in [4.69, 9.17) is 37.9 Å². The fraction of sp³-hybridized carbons (Fsp3) is 0.500. The topological polar surface area (TPSA) is 210 Å². The Labute approximate surface area is 648 Å². The molecule has 4 saturated carbocycles. The monoisotopic (exact) mass is 1500 g/mol. The number of ketones is 1. The number of thiophene rings is 1. The molecule has 0 amide bonds. The Balaban J connectivity index is 0.772. The lowest BCUT2D eigenvalue weighted by atomic mass is 9.77. The van der Waals surface area contributed by atoms with Crippen molar-refractivity contribution >= 4 is 69.0 Å². The number of ether oxygens (including phenoxy) is 8. The van der Waals surface area contributed by atoms with Crippen LogP contribution in [0.4, 0.5) is 0 Å². The molecule has 0 atom stereocenters. The Morgan fingerprint density at radius 3 is 1.53 bits per heavy atom. The molecule has 0 unspecified atom stereocenters. The number of fused-ring (bicyclic) bond motifs is 1. The van der Waals surface area contributed by atoms with Crippen LogP contribution in [0.3, 0.4) is 0 Å². The van der Waals surface area contributed by atoms with Gasteiger partial charge in [0.15, 0.2) is 5.60 Å². The number of esters is 7. The molecule has 0 radical (unpaired) electrons. The number of carbonyl (C=O) groups excluding carboxylic acids is 8. The maximum Gasteiger partial charge on any atom is 0.339 e. The summed E-state index contributed by atoms with van der Waals surface area (Å²) in [5.74, 6) is 22.3. The van der Waals surface area contributed by atoms with Gasteiger partial charge < -0.3 is 37.9 Å². The smallest absolute Gasteiger partial charge is 0.339 e. The minimum Gasteiger partial charge on any atom is -0.465 e. The quantitative estimate of drug-likeness (QED) is 0.00911. The van der Waals surface area contributed by atoms with Gasteiger partial charge in [-0.25, -0.2) is 19.2 Å². The molecule has 4 fully saturated rings. The first-order valence-electron chi connectivity index (χ1n) is 39.7. The van der Waals surface area contributed by atoms with Crippen LogP contribution in [0, 0.1) is 77.0 Å². The molecule has 16 nitrogen and oxygen atoms in total.